The van der Waals surface area contributed by atoms with Crippen LogP contribution in [-0.4, -0.2) is 42.3 Å². The summed E-state index contributed by atoms with van der Waals surface area (Å²) in [6.07, 6.45) is 4.82. The summed E-state index contributed by atoms with van der Waals surface area (Å²) in [5, 5.41) is 6.91. The Bertz CT molecular complexity index is 338. The summed E-state index contributed by atoms with van der Waals surface area (Å²) >= 11 is 2.02. The van der Waals surface area contributed by atoms with E-state index in [-0.39, 0.29) is 6.03 Å². The summed E-state index contributed by atoms with van der Waals surface area (Å²) in [6.45, 7) is 8.14. The molecule has 0 spiro atoms. The molecule has 4 unspecified atom stereocenters. The van der Waals surface area contributed by atoms with Gasteiger partial charge in [-0.3, -0.25) is 0 Å². The second-order valence-electron chi connectivity index (χ2n) is 6.57. The number of hydrogen-bond donors (Lipinski definition) is 2. The van der Waals surface area contributed by atoms with Crippen molar-refractivity contribution in [2.24, 2.45) is 11.8 Å². The van der Waals surface area contributed by atoms with Gasteiger partial charge in [-0.05, 0) is 37.4 Å². The van der Waals surface area contributed by atoms with Gasteiger partial charge in [-0.2, -0.15) is 11.8 Å². The molecule has 0 aromatic rings. The van der Waals surface area contributed by atoms with Gasteiger partial charge in [0, 0.05) is 30.4 Å². The highest BCUT2D eigenvalue weighted by atomic mass is 32.2. The first kappa shape index (κ1) is 16.9. The number of carbonyl (C=O) groups excluding carboxylic acids is 1. The fourth-order valence-corrected chi connectivity index (χ4v) is 4.67. The lowest BCUT2D eigenvalue weighted by Crippen LogP contribution is -2.44. The predicted octanol–water partition coefficient (Wildman–Crippen LogP) is 3.02. The van der Waals surface area contributed by atoms with Crippen molar-refractivity contribution >= 4 is 17.8 Å². The molecule has 0 radical (unpaired) electrons. The summed E-state index contributed by atoms with van der Waals surface area (Å²) in [5.41, 5.74) is 0. The minimum Gasteiger partial charge on any atom is -0.378 e. The number of urea groups is 1. The van der Waals surface area contributed by atoms with Crippen molar-refractivity contribution in [2.45, 2.75) is 63.9 Å². The Morgan fingerprint density at radius 3 is 2.86 bits per heavy atom. The fourth-order valence-electron chi connectivity index (χ4n) is 3.53. The van der Waals surface area contributed by atoms with E-state index in [2.05, 4.69) is 31.4 Å². The first-order chi connectivity index (χ1) is 10.1. The summed E-state index contributed by atoms with van der Waals surface area (Å²) < 4.78 is 5.76. The third-order valence-corrected chi connectivity index (χ3v) is 5.80. The van der Waals surface area contributed by atoms with Crippen LogP contribution in [-0.2, 0) is 4.74 Å². The average Bonchev–Trinajstić information content (AvgIpc) is 3.06. The Hall–Kier alpha value is -0.420. The number of nitrogens with one attached hydrogen (secondary N) is 2. The number of hydrogen-bond acceptors (Lipinski definition) is 3. The largest absolute Gasteiger partial charge is 0.378 e. The summed E-state index contributed by atoms with van der Waals surface area (Å²) in [6, 6.07) is 0.353. The van der Waals surface area contributed by atoms with Crippen molar-refractivity contribution in [2.75, 3.05) is 18.9 Å². The lowest BCUT2D eigenvalue weighted by Gasteiger charge is -2.22. The smallest absolute Gasteiger partial charge is 0.315 e. The maximum absolute atomic E-state index is 12.0. The molecule has 1 aliphatic carbocycles. The average molecular weight is 314 g/mol. The predicted molar refractivity (Wildman–Crippen MR) is 88.8 cm³/mol. The fraction of sp³-hybridized carbons (Fsp3) is 0.938. The van der Waals surface area contributed by atoms with E-state index in [1.807, 2.05) is 11.8 Å². The van der Waals surface area contributed by atoms with Gasteiger partial charge in [-0.15, -0.1) is 0 Å². The Morgan fingerprint density at radius 2 is 2.14 bits per heavy atom. The van der Waals surface area contributed by atoms with Gasteiger partial charge in [0.2, 0.25) is 0 Å². The molecule has 2 fully saturated rings. The van der Waals surface area contributed by atoms with E-state index in [0.717, 1.165) is 37.7 Å². The van der Waals surface area contributed by atoms with Crippen molar-refractivity contribution in [1.82, 2.24) is 10.6 Å². The van der Waals surface area contributed by atoms with Gasteiger partial charge in [0.1, 0.15) is 0 Å². The van der Waals surface area contributed by atoms with Crippen molar-refractivity contribution in [3.8, 4) is 0 Å². The molecule has 4 atom stereocenters. The number of amides is 2. The summed E-state index contributed by atoms with van der Waals surface area (Å²) in [4.78, 5) is 12.0. The molecule has 1 saturated carbocycles. The van der Waals surface area contributed by atoms with Crippen LogP contribution in [0.5, 0.6) is 0 Å². The van der Waals surface area contributed by atoms with Gasteiger partial charge < -0.3 is 15.4 Å². The van der Waals surface area contributed by atoms with Gasteiger partial charge in [0.15, 0.2) is 0 Å². The van der Waals surface area contributed by atoms with E-state index in [9.17, 15) is 4.79 Å². The Labute approximate surface area is 133 Å². The van der Waals surface area contributed by atoms with Crippen LogP contribution in [0.2, 0.25) is 0 Å². The molecular formula is C16H30N2O2S. The monoisotopic (exact) mass is 314 g/mol. The van der Waals surface area contributed by atoms with Gasteiger partial charge >= 0.3 is 6.03 Å². The lowest BCUT2D eigenvalue weighted by molar-refractivity contribution is 0.0545. The minimum absolute atomic E-state index is 0.00319. The van der Waals surface area contributed by atoms with E-state index in [4.69, 9.17) is 4.74 Å². The molecule has 0 aromatic carbocycles. The Balaban J connectivity index is 1.66. The second-order valence-corrected chi connectivity index (χ2v) is 8.15. The molecule has 1 aliphatic heterocycles. The van der Waals surface area contributed by atoms with Crippen LogP contribution in [0.4, 0.5) is 4.79 Å². The standard InChI is InChI=1S/C16H30N2O2S/c1-4-21-14-6-5-13(9-14)18-16(19)17-10-12-7-8-20-15(12)11(2)3/h11-15H,4-10H2,1-3H3,(H2,17,18,19). The highest BCUT2D eigenvalue weighted by Crippen LogP contribution is 2.29. The minimum atomic E-state index is -0.00319. The van der Waals surface area contributed by atoms with E-state index in [1.54, 1.807) is 0 Å². The first-order valence-electron chi connectivity index (χ1n) is 8.37. The van der Waals surface area contributed by atoms with Crippen LogP contribution in [0, 0.1) is 11.8 Å². The normalized spacial score (nSPS) is 32.6. The zero-order valence-electron chi connectivity index (χ0n) is 13.6. The van der Waals surface area contributed by atoms with Gasteiger partial charge in [-0.1, -0.05) is 20.8 Å². The van der Waals surface area contributed by atoms with E-state index in [0.29, 0.717) is 24.0 Å². The van der Waals surface area contributed by atoms with Gasteiger partial charge in [0.25, 0.3) is 0 Å². The van der Waals surface area contributed by atoms with Crippen LogP contribution in [0.25, 0.3) is 0 Å². The number of carbonyl (C=O) groups is 1. The third-order valence-electron chi connectivity index (χ3n) is 4.57. The molecule has 2 N–H and O–H groups in total. The van der Waals surface area contributed by atoms with Crippen LogP contribution < -0.4 is 10.6 Å². The molecule has 2 rings (SSSR count). The maximum Gasteiger partial charge on any atom is 0.315 e. The lowest BCUT2D eigenvalue weighted by atomic mass is 9.93. The third kappa shape index (κ3) is 5.06. The topological polar surface area (TPSA) is 50.4 Å². The molecule has 122 valence electrons. The van der Waals surface area contributed by atoms with Crippen molar-refractivity contribution < 1.29 is 9.53 Å². The molecule has 1 heterocycles. The molecular weight excluding hydrogens is 284 g/mol. The van der Waals surface area contributed by atoms with Gasteiger partial charge in [-0.25, -0.2) is 4.79 Å². The number of ether oxygens (including phenoxy) is 1. The molecule has 4 nitrogen and oxygen atoms in total. The van der Waals surface area contributed by atoms with Crippen LogP contribution in [0.3, 0.4) is 0 Å². The molecule has 21 heavy (non-hydrogen) atoms. The summed E-state index contributed by atoms with van der Waals surface area (Å²) in [5.74, 6) is 2.15. The van der Waals surface area contributed by atoms with Crippen LogP contribution >= 0.6 is 11.8 Å². The zero-order chi connectivity index (χ0) is 15.2. The Kier molecular flexibility index (Phi) is 6.68. The summed E-state index contributed by atoms with van der Waals surface area (Å²) in [7, 11) is 0. The first-order valence-corrected chi connectivity index (χ1v) is 9.42. The molecule has 1 saturated heterocycles. The second kappa shape index (κ2) is 8.28. The van der Waals surface area contributed by atoms with Crippen LogP contribution in [0.1, 0.15) is 46.5 Å². The molecule has 5 heteroatoms. The van der Waals surface area contributed by atoms with Crippen molar-refractivity contribution in [3.63, 3.8) is 0 Å². The molecule has 2 amide bonds. The Morgan fingerprint density at radius 1 is 1.33 bits per heavy atom. The quantitative estimate of drug-likeness (QED) is 0.792. The molecule has 0 bridgehead atoms. The highest BCUT2D eigenvalue weighted by Gasteiger charge is 2.31. The SMILES string of the molecule is CCSC1CCC(NC(=O)NCC2CCOC2C(C)C)C1. The highest BCUT2D eigenvalue weighted by molar-refractivity contribution is 7.99. The number of rotatable bonds is 6. The molecule has 0 aromatic heterocycles. The van der Waals surface area contributed by atoms with E-state index < -0.39 is 0 Å². The van der Waals surface area contributed by atoms with Crippen LogP contribution in [0.15, 0.2) is 0 Å². The molecule has 2 aliphatic rings. The van der Waals surface area contributed by atoms with Crippen molar-refractivity contribution in [3.05, 3.63) is 0 Å². The number of thioether (sulfide) groups is 1. The van der Waals surface area contributed by atoms with Crippen molar-refractivity contribution in [1.29, 1.82) is 0 Å². The van der Waals surface area contributed by atoms with E-state index in [1.165, 1.54) is 12.2 Å². The van der Waals surface area contributed by atoms with Gasteiger partial charge in [0.05, 0.1) is 6.10 Å². The maximum atomic E-state index is 12.0. The zero-order valence-corrected chi connectivity index (χ0v) is 14.4. The van der Waals surface area contributed by atoms with E-state index >= 15 is 0 Å².